The summed E-state index contributed by atoms with van der Waals surface area (Å²) in [5.74, 6) is 0. The number of hydrogen-bond acceptors (Lipinski definition) is 0. The molecule has 0 nitrogen and oxygen atoms in total. The SMILES string of the molecule is PPP(P)P(C(P(P(P)P)P(P)P)P(P(P)P)P(P)P)P(P)P. The van der Waals surface area contributed by atoms with E-state index in [1.165, 1.54) is 0 Å². The predicted molar refractivity (Wildman–Crippen MR) is 191 cm³/mol. The van der Waals surface area contributed by atoms with Gasteiger partial charge in [-0.15, -0.1) is 107 Å². The molecule has 0 bridgehead atoms. The summed E-state index contributed by atoms with van der Waals surface area (Å²) in [6, 6.07) is 0. The zero-order chi connectivity index (χ0) is 18.5. The quantitative estimate of drug-likeness (QED) is 0.197. The molecule has 0 N–H and O–H groups in total. The summed E-state index contributed by atoms with van der Waals surface area (Å²) in [6.45, 7) is -0.0226. The Kier molecular flexibility index (Phi) is 25.2. The van der Waals surface area contributed by atoms with Crippen molar-refractivity contribution >= 4 is 179 Å². The van der Waals surface area contributed by atoms with Gasteiger partial charge in [0.25, 0.3) is 0 Å². The van der Waals surface area contributed by atoms with Gasteiger partial charge in [0, 0.05) is 5.14 Å². The van der Waals surface area contributed by atoms with E-state index >= 15 is 0 Å². The van der Waals surface area contributed by atoms with Crippen LogP contribution >= 0.6 is 179 Å². The van der Waals surface area contributed by atoms with E-state index in [2.05, 4.69) is 107 Å². The van der Waals surface area contributed by atoms with Gasteiger partial charge in [-0.2, -0.15) is 0 Å². The van der Waals surface area contributed by atoms with Crippen LogP contribution in [-0.4, -0.2) is 5.14 Å². The maximum absolute atomic E-state index is 3.27. The summed E-state index contributed by atoms with van der Waals surface area (Å²) >= 11 is 0. The molecule has 0 aromatic carbocycles. The van der Waals surface area contributed by atoms with Crippen LogP contribution in [0.2, 0.25) is 0 Å². The van der Waals surface area contributed by atoms with Crippen molar-refractivity contribution in [3.63, 3.8) is 0 Å². The molecule has 0 fully saturated rings. The highest BCUT2D eigenvalue weighted by atomic mass is 33.0. The van der Waals surface area contributed by atoms with Gasteiger partial charge in [0.2, 0.25) is 0 Å². The maximum Gasteiger partial charge on any atom is 0.0462 e. The third-order valence-corrected chi connectivity index (χ3v) is 98.4. The van der Waals surface area contributed by atoms with Crippen molar-refractivity contribution in [2.24, 2.45) is 0 Å². The Hall–Kier alpha value is 9.46. The van der Waals surface area contributed by atoms with Gasteiger partial charge < -0.3 is 0 Å². The monoisotopic (exact) mass is 720 g/mol. The lowest BCUT2D eigenvalue weighted by Crippen LogP contribution is -1.90. The first-order valence-electron chi connectivity index (χ1n) is 5.33. The van der Waals surface area contributed by atoms with E-state index < -0.39 is 0 Å². The molecule has 0 rings (SSSR count). The summed E-state index contributed by atoms with van der Waals surface area (Å²) in [7, 11) is 39.4. The van der Waals surface area contributed by atoms with Crippen LogP contribution in [0.15, 0.2) is 0 Å². The Labute approximate surface area is 182 Å². The summed E-state index contributed by atoms with van der Waals surface area (Å²) in [5.41, 5.74) is 0. The lowest BCUT2D eigenvalue weighted by molar-refractivity contribution is 2.05. The van der Waals surface area contributed by atoms with E-state index in [9.17, 15) is 0 Å². The molecular weight excluding hydrogens is 693 g/mol. The van der Waals surface area contributed by atoms with Crippen molar-refractivity contribution in [1.29, 1.82) is 0 Å². The Morgan fingerprint density at radius 3 is 0.913 bits per heavy atom. The average molecular weight is 720 g/mol. The highest BCUT2D eigenvalue weighted by molar-refractivity contribution is 9.09. The van der Waals surface area contributed by atoms with Gasteiger partial charge in [-0.05, 0) is 63.8 Å². The smallest absolute Gasteiger partial charge is 0.0462 e. The molecule has 0 saturated heterocycles. The summed E-state index contributed by atoms with van der Waals surface area (Å²) in [5, 5.41) is 0.970. The van der Waals surface area contributed by atoms with Gasteiger partial charge in [-0.3, -0.25) is 0 Å². The molecule has 0 aliphatic heterocycles. The fourth-order valence-corrected chi connectivity index (χ4v) is 174. The lowest BCUT2D eigenvalue weighted by Gasteiger charge is -2.48. The zero-order valence-corrected chi connectivity index (χ0v) is 34.9. The molecule has 140 valence electrons. The number of rotatable bonds is 10. The Morgan fingerprint density at radius 2 is 0.739 bits per heavy atom. The molecule has 0 aromatic heterocycles. The molecule has 0 aliphatic carbocycles. The summed E-state index contributed by atoms with van der Waals surface area (Å²) in [6.07, 6.45) is 0. The molecule has 15 atom stereocenters. The minimum absolute atomic E-state index is 0.0129. The minimum Gasteiger partial charge on any atom is -0.109 e. The molecule has 23 heavy (non-hydrogen) atoms. The molecule has 0 heterocycles. The molecule has 15 unspecified atom stereocenters. The Bertz CT molecular complexity index is 267. The highest BCUT2D eigenvalue weighted by Gasteiger charge is 2.44. The first-order valence-corrected chi connectivity index (χ1v) is 43.3. The lowest BCUT2D eigenvalue weighted by atomic mass is 11.9. The minimum atomic E-state index is -0.0211. The van der Waals surface area contributed by atoms with Gasteiger partial charge in [0.1, 0.15) is 0 Å². The molecule has 0 amide bonds. The van der Waals surface area contributed by atoms with Crippen LogP contribution in [0, 0.1) is 0 Å². The van der Waals surface area contributed by atoms with Gasteiger partial charge >= 0.3 is 0 Å². The first kappa shape index (κ1) is 32.5. The van der Waals surface area contributed by atoms with Gasteiger partial charge in [-0.25, -0.2) is 0 Å². The van der Waals surface area contributed by atoms with E-state index in [0.717, 1.165) is 13.1 Å². The van der Waals surface area contributed by atoms with E-state index in [1.54, 1.807) is 0 Å². The van der Waals surface area contributed by atoms with Crippen LogP contribution in [0.3, 0.4) is 0 Å². The largest absolute Gasteiger partial charge is 0.109 e. The second kappa shape index (κ2) is 17.8. The summed E-state index contributed by atoms with van der Waals surface area (Å²) < 4.78 is 0. The third-order valence-electron chi connectivity index (χ3n) is 2.16. The molecule has 0 aliphatic rings. The zero-order valence-electron chi connectivity index (χ0n) is 12.0. The second-order valence-electron chi connectivity index (χ2n) is 3.68. The van der Waals surface area contributed by atoms with Crippen molar-refractivity contribution in [2.75, 3.05) is 0 Å². The predicted octanol–water partition coefficient (Wildman–Crippen LogP) is 12.2. The topological polar surface area (TPSA) is 0 Å². The Morgan fingerprint density at radius 1 is 0.478 bits per heavy atom. The van der Waals surface area contributed by atoms with E-state index in [-0.39, 0.29) is 63.8 Å². The van der Waals surface area contributed by atoms with E-state index in [4.69, 9.17) is 0 Å². The van der Waals surface area contributed by atoms with Crippen molar-refractivity contribution in [2.45, 2.75) is 5.14 Å². The fourth-order valence-electron chi connectivity index (χ4n) is 1.39. The van der Waals surface area contributed by atoms with Crippen LogP contribution in [-0.2, 0) is 0 Å². The van der Waals surface area contributed by atoms with Crippen molar-refractivity contribution in [3.05, 3.63) is 0 Å². The average Bonchev–Trinajstić information content (AvgIpc) is 2.36. The molecular formula is CH26P22. The number of hydrogen-bond donors (Lipinski definition) is 0. The van der Waals surface area contributed by atoms with Crippen LogP contribution in [0.1, 0.15) is 0 Å². The Balaban J connectivity index is 6.12. The normalized spacial score (nSPS) is 16.7. The van der Waals surface area contributed by atoms with Crippen LogP contribution in [0.5, 0.6) is 0 Å². The maximum atomic E-state index is 3.27. The van der Waals surface area contributed by atoms with E-state index in [0.29, 0.717) is 0 Å². The third kappa shape index (κ3) is 12.1. The van der Waals surface area contributed by atoms with Crippen LogP contribution < -0.4 is 0 Å². The highest BCUT2D eigenvalue weighted by Crippen LogP contribution is 3.18. The fraction of sp³-hybridized carbons (Fsp3) is 1.00. The summed E-state index contributed by atoms with van der Waals surface area (Å²) in [4.78, 5) is 0. The van der Waals surface area contributed by atoms with Gasteiger partial charge in [-0.1, -0.05) is 7.96 Å². The molecule has 0 spiro atoms. The van der Waals surface area contributed by atoms with Gasteiger partial charge in [0.15, 0.2) is 0 Å². The first-order chi connectivity index (χ1) is 10.5. The van der Waals surface area contributed by atoms with Crippen molar-refractivity contribution < 1.29 is 0 Å². The van der Waals surface area contributed by atoms with Crippen LogP contribution in [0.4, 0.5) is 0 Å². The standard InChI is InChI=1S/CH26P22/c2-14-23(13)17(22(11)12)1(15(18(3)4)19(5)6)16(20(7)8)21(9)10/h1,14H,2-13H2. The van der Waals surface area contributed by atoms with Crippen LogP contribution in [0.25, 0.3) is 0 Å². The molecule has 22 heteroatoms. The molecule has 0 saturated carbocycles. The van der Waals surface area contributed by atoms with Crippen molar-refractivity contribution in [1.82, 2.24) is 0 Å². The molecule has 0 radical (unpaired) electrons. The second-order valence-corrected chi connectivity index (χ2v) is 80.7. The van der Waals surface area contributed by atoms with Crippen molar-refractivity contribution in [3.8, 4) is 0 Å². The molecule has 0 aromatic rings. The van der Waals surface area contributed by atoms with Gasteiger partial charge in [0.05, 0.1) is 0 Å². The van der Waals surface area contributed by atoms with E-state index in [1.807, 2.05) is 0 Å².